The maximum Gasteiger partial charge on any atom is 0.289 e. The number of ketones is 1. The van der Waals surface area contributed by atoms with Gasteiger partial charge in [0.2, 0.25) is 23.5 Å². The topological polar surface area (TPSA) is 180 Å². The zero-order chi connectivity index (χ0) is 37.6. The number of carbonyl (C=O) groups excluding carboxylic acids is 6. The summed E-state index contributed by atoms with van der Waals surface area (Å²) < 4.78 is 0. The molecule has 3 aliphatic carbocycles. The van der Waals surface area contributed by atoms with Crippen LogP contribution in [0.3, 0.4) is 0 Å². The Morgan fingerprint density at radius 2 is 1.60 bits per heavy atom. The third-order valence-corrected chi connectivity index (χ3v) is 12.5. The number of rotatable bonds is 15. The Kier molecular flexibility index (Phi) is 12.7. The van der Waals surface area contributed by atoms with E-state index < -0.39 is 59.0 Å². The van der Waals surface area contributed by atoms with Gasteiger partial charge < -0.3 is 26.2 Å². The average molecular weight is 722 g/mol. The number of hydrogen-bond donors (Lipinski definition) is 4. The molecule has 0 radical (unpaired) electrons. The fourth-order valence-electron chi connectivity index (χ4n) is 9.23. The molecule has 1 aliphatic heterocycles. The zero-order valence-corrected chi connectivity index (χ0v) is 31.7. The molecule has 2 heterocycles. The molecule has 1 aromatic rings. The molecule has 4 fully saturated rings. The van der Waals surface area contributed by atoms with Gasteiger partial charge in [-0.05, 0) is 67.6 Å². The fraction of sp³-hybridized carbons (Fsp3) is 0.744. The molecular weight excluding hydrogens is 662 g/mol. The highest BCUT2D eigenvalue weighted by atomic mass is 16.2. The Morgan fingerprint density at radius 3 is 2.23 bits per heavy atom. The SMILES string of the molecule is CCCCC(NC(=O)[C@@H]1[C@@H]2[C@H](CN1C(=O)[C@@H](NC(=O)[C@@H](NC(=O)c1cnccn1)C1CCCCC1)C1(C)CCCCC1)C2(C)C)C(=O)C(=O)NCC. The van der Waals surface area contributed by atoms with Gasteiger partial charge in [-0.2, -0.15) is 0 Å². The second kappa shape index (κ2) is 16.8. The average Bonchev–Trinajstić information content (AvgIpc) is 3.44. The molecule has 52 heavy (non-hydrogen) atoms. The van der Waals surface area contributed by atoms with Crippen LogP contribution in [0.15, 0.2) is 18.6 Å². The molecule has 5 amide bonds. The standard InChI is InChI=1S/C39H59N7O6/c1-6-8-17-26(31(47)36(51)41-7-2)43-35(50)30-28-25(38(28,3)4)23-46(30)37(52)32(39(5)18-13-10-14-19-39)45-34(49)29(24-15-11-9-12-16-24)44-33(48)27-22-40-20-21-42-27/h20-22,24-26,28-30,32H,6-19,23H2,1-5H3,(H,41,51)(H,43,50)(H,44,48)(H,45,49)/t25-,26?,28-,29-,30-,32+/m0/s1. The maximum absolute atomic E-state index is 15.0. The number of aromatic nitrogens is 2. The van der Waals surface area contributed by atoms with E-state index in [0.717, 1.165) is 70.6 Å². The van der Waals surface area contributed by atoms with Crippen LogP contribution in [0.4, 0.5) is 0 Å². The largest absolute Gasteiger partial charge is 0.350 e. The van der Waals surface area contributed by atoms with E-state index in [4.69, 9.17) is 0 Å². The summed E-state index contributed by atoms with van der Waals surface area (Å²) in [6.45, 7) is 10.6. The van der Waals surface area contributed by atoms with Crippen molar-refractivity contribution in [3.05, 3.63) is 24.3 Å². The highest BCUT2D eigenvalue weighted by Gasteiger charge is 2.70. The number of likely N-dealkylation sites (tertiary alicyclic amines) is 1. The molecule has 1 aromatic heterocycles. The lowest BCUT2D eigenvalue weighted by molar-refractivity contribution is -0.148. The predicted molar refractivity (Wildman–Crippen MR) is 194 cm³/mol. The molecule has 3 saturated carbocycles. The predicted octanol–water partition coefficient (Wildman–Crippen LogP) is 3.47. The third-order valence-electron chi connectivity index (χ3n) is 12.5. The molecule has 1 unspecified atom stereocenters. The van der Waals surface area contributed by atoms with Gasteiger partial charge in [0.05, 0.1) is 12.2 Å². The third kappa shape index (κ3) is 8.49. The number of piperidine rings is 1. The summed E-state index contributed by atoms with van der Waals surface area (Å²) in [5.74, 6) is -3.24. The summed E-state index contributed by atoms with van der Waals surface area (Å²) in [6.07, 6.45) is 14.8. The van der Waals surface area contributed by atoms with E-state index in [0.29, 0.717) is 25.9 Å². The Hall–Kier alpha value is -3.90. The van der Waals surface area contributed by atoms with E-state index in [1.54, 1.807) is 11.8 Å². The van der Waals surface area contributed by atoms with Gasteiger partial charge in [0.1, 0.15) is 23.8 Å². The minimum Gasteiger partial charge on any atom is -0.350 e. The zero-order valence-electron chi connectivity index (χ0n) is 31.7. The van der Waals surface area contributed by atoms with Crippen LogP contribution in [0, 0.1) is 28.6 Å². The van der Waals surface area contributed by atoms with Crippen molar-refractivity contribution in [3.8, 4) is 0 Å². The molecule has 6 atom stereocenters. The van der Waals surface area contributed by atoms with Crippen LogP contribution in [-0.2, 0) is 24.0 Å². The van der Waals surface area contributed by atoms with Gasteiger partial charge in [-0.1, -0.05) is 79.1 Å². The molecule has 286 valence electrons. The minimum atomic E-state index is -1.00. The first-order chi connectivity index (χ1) is 24.8. The first-order valence-electron chi connectivity index (χ1n) is 19.6. The van der Waals surface area contributed by atoms with Crippen LogP contribution in [0.2, 0.25) is 0 Å². The van der Waals surface area contributed by atoms with Gasteiger partial charge >= 0.3 is 0 Å². The summed E-state index contributed by atoms with van der Waals surface area (Å²) in [4.78, 5) is 92.6. The number of nitrogens with zero attached hydrogens (tertiary/aromatic N) is 3. The van der Waals surface area contributed by atoms with Gasteiger partial charge in [0.25, 0.3) is 11.8 Å². The molecule has 5 rings (SSSR count). The minimum absolute atomic E-state index is 0.0807. The summed E-state index contributed by atoms with van der Waals surface area (Å²) in [5, 5.41) is 11.6. The van der Waals surface area contributed by atoms with Crippen molar-refractivity contribution in [2.75, 3.05) is 13.1 Å². The Labute approximate surface area is 308 Å². The first-order valence-corrected chi connectivity index (χ1v) is 19.6. The van der Waals surface area contributed by atoms with Gasteiger partial charge in [0.15, 0.2) is 0 Å². The van der Waals surface area contributed by atoms with Crippen molar-refractivity contribution in [2.24, 2.45) is 28.6 Å². The molecule has 13 heteroatoms. The van der Waals surface area contributed by atoms with Gasteiger partial charge in [0, 0.05) is 25.5 Å². The molecule has 13 nitrogen and oxygen atoms in total. The number of amides is 5. The molecule has 4 aliphatic rings. The number of carbonyl (C=O) groups is 6. The lowest BCUT2D eigenvalue weighted by atomic mass is 9.69. The lowest BCUT2D eigenvalue weighted by Gasteiger charge is -2.44. The lowest BCUT2D eigenvalue weighted by Crippen LogP contribution is -2.63. The Morgan fingerprint density at radius 1 is 0.904 bits per heavy atom. The molecule has 0 aromatic carbocycles. The first kappa shape index (κ1) is 39.3. The molecule has 1 saturated heterocycles. The summed E-state index contributed by atoms with van der Waals surface area (Å²) in [6, 6.07) is -3.65. The Bertz CT molecular complexity index is 1470. The summed E-state index contributed by atoms with van der Waals surface area (Å²) in [5.41, 5.74) is -0.650. The van der Waals surface area contributed by atoms with Crippen molar-refractivity contribution >= 4 is 35.3 Å². The van der Waals surface area contributed by atoms with E-state index in [-0.39, 0.29) is 34.8 Å². The molecule has 0 spiro atoms. The van der Waals surface area contributed by atoms with Gasteiger partial charge in [-0.3, -0.25) is 33.8 Å². The second-order valence-corrected chi connectivity index (χ2v) is 16.4. The van der Waals surface area contributed by atoms with Crippen molar-refractivity contribution < 1.29 is 28.8 Å². The normalized spacial score (nSPS) is 25.1. The number of Topliss-reactive ketones (excluding diaryl/α,β-unsaturated/α-hetero) is 1. The van der Waals surface area contributed by atoms with Gasteiger partial charge in [-0.15, -0.1) is 0 Å². The number of nitrogens with one attached hydrogen (secondary N) is 4. The molecular formula is C39H59N7O6. The van der Waals surface area contributed by atoms with E-state index in [2.05, 4.69) is 45.1 Å². The number of likely N-dealkylation sites (N-methyl/N-ethyl adjacent to an activating group) is 1. The summed E-state index contributed by atoms with van der Waals surface area (Å²) in [7, 11) is 0. The van der Waals surface area contributed by atoms with Crippen LogP contribution < -0.4 is 21.3 Å². The second-order valence-electron chi connectivity index (χ2n) is 16.4. The van der Waals surface area contributed by atoms with E-state index in [1.807, 2.05) is 13.8 Å². The Balaban J connectivity index is 1.43. The van der Waals surface area contributed by atoms with Crippen molar-refractivity contribution in [3.63, 3.8) is 0 Å². The van der Waals surface area contributed by atoms with E-state index in [1.165, 1.54) is 18.6 Å². The highest BCUT2D eigenvalue weighted by molar-refractivity contribution is 6.38. The monoisotopic (exact) mass is 721 g/mol. The van der Waals surface area contributed by atoms with Crippen molar-refractivity contribution in [2.45, 2.75) is 142 Å². The van der Waals surface area contributed by atoms with Crippen LogP contribution in [0.25, 0.3) is 0 Å². The van der Waals surface area contributed by atoms with Crippen LogP contribution in [0.5, 0.6) is 0 Å². The van der Waals surface area contributed by atoms with Gasteiger partial charge in [-0.25, -0.2) is 4.98 Å². The number of fused-ring (bicyclic) bond motifs is 1. The van der Waals surface area contributed by atoms with Crippen LogP contribution in [0.1, 0.15) is 129 Å². The van der Waals surface area contributed by atoms with Crippen molar-refractivity contribution in [1.82, 2.24) is 36.1 Å². The summed E-state index contributed by atoms with van der Waals surface area (Å²) >= 11 is 0. The van der Waals surface area contributed by atoms with E-state index in [9.17, 15) is 28.8 Å². The quantitative estimate of drug-likeness (QED) is 0.199. The molecule has 4 N–H and O–H groups in total. The van der Waals surface area contributed by atoms with E-state index >= 15 is 0 Å². The number of unbranched alkanes of at least 4 members (excludes halogenated alkanes) is 1. The maximum atomic E-state index is 15.0. The number of hydrogen-bond acceptors (Lipinski definition) is 8. The molecule has 0 bridgehead atoms. The smallest absolute Gasteiger partial charge is 0.289 e. The van der Waals surface area contributed by atoms with Crippen molar-refractivity contribution in [1.29, 1.82) is 0 Å². The van der Waals surface area contributed by atoms with Crippen LogP contribution >= 0.6 is 0 Å². The highest BCUT2D eigenvalue weighted by Crippen LogP contribution is 2.65. The van der Waals surface area contributed by atoms with Crippen LogP contribution in [-0.4, -0.2) is 87.4 Å². The fourth-order valence-corrected chi connectivity index (χ4v) is 9.23.